The summed E-state index contributed by atoms with van der Waals surface area (Å²) in [5, 5.41) is 0. The molecule has 0 aliphatic rings. The highest BCUT2D eigenvalue weighted by atomic mass is 16.1. The van der Waals surface area contributed by atoms with Crippen molar-refractivity contribution in [2.24, 2.45) is 0 Å². The van der Waals surface area contributed by atoms with E-state index < -0.39 is 0 Å². The first-order chi connectivity index (χ1) is 10.3. The summed E-state index contributed by atoms with van der Waals surface area (Å²) in [6, 6.07) is 7.81. The van der Waals surface area contributed by atoms with Crippen molar-refractivity contribution in [3.8, 4) is 11.5 Å². The van der Waals surface area contributed by atoms with Crippen molar-refractivity contribution in [1.82, 2.24) is 24.5 Å². The molecule has 0 bridgehead atoms. The topological polar surface area (TPSA) is 82.3 Å². The number of nitrogens with one attached hydrogen (secondary N) is 3. The smallest absolute Gasteiger partial charge is 0.326 e. The Morgan fingerprint density at radius 2 is 2.14 bits per heavy atom. The molecule has 0 saturated heterocycles. The van der Waals surface area contributed by atoms with Crippen LogP contribution in [0.25, 0.3) is 33.6 Å². The van der Waals surface area contributed by atoms with E-state index in [1.165, 1.54) is 0 Å². The number of rotatable bonds is 3. The third kappa shape index (κ3) is 1.79. The van der Waals surface area contributed by atoms with Gasteiger partial charge in [0.1, 0.15) is 0 Å². The molecule has 4 rings (SSSR count). The van der Waals surface area contributed by atoms with Crippen LogP contribution in [0.3, 0.4) is 0 Å². The summed E-state index contributed by atoms with van der Waals surface area (Å²) in [6.07, 6.45) is 2.78. The van der Waals surface area contributed by atoms with E-state index in [2.05, 4.69) is 26.9 Å². The molecule has 0 aliphatic carbocycles. The van der Waals surface area contributed by atoms with Crippen LogP contribution in [0.15, 0.2) is 35.3 Å². The van der Waals surface area contributed by atoms with E-state index >= 15 is 0 Å². The van der Waals surface area contributed by atoms with Crippen molar-refractivity contribution >= 4 is 22.1 Å². The van der Waals surface area contributed by atoms with Crippen molar-refractivity contribution in [2.75, 3.05) is 0 Å². The van der Waals surface area contributed by atoms with Gasteiger partial charge in [-0.15, -0.1) is 0 Å². The minimum atomic E-state index is -0.0657. The summed E-state index contributed by atoms with van der Waals surface area (Å²) in [6.45, 7) is 2.76. The Balaban J connectivity index is 1.96. The zero-order valence-corrected chi connectivity index (χ0v) is 11.6. The van der Waals surface area contributed by atoms with Gasteiger partial charge >= 0.3 is 5.69 Å². The lowest BCUT2D eigenvalue weighted by molar-refractivity contribution is 0.675. The molecule has 0 spiro atoms. The molecule has 0 aliphatic heterocycles. The predicted molar refractivity (Wildman–Crippen MR) is 82.3 cm³/mol. The first-order valence-corrected chi connectivity index (χ1v) is 7.02. The molecule has 0 fully saturated rings. The average molecular weight is 281 g/mol. The second kappa shape index (κ2) is 4.37. The molecule has 3 heterocycles. The number of benzene rings is 1. The zero-order valence-electron chi connectivity index (χ0n) is 11.6. The number of aromatic amines is 3. The van der Waals surface area contributed by atoms with E-state index in [1.807, 2.05) is 30.5 Å². The van der Waals surface area contributed by atoms with Gasteiger partial charge in [0.2, 0.25) is 0 Å². The molecular formula is C15H15N5O. The fourth-order valence-electron chi connectivity index (χ4n) is 2.71. The van der Waals surface area contributed by atoms with E-state index in [-0.39, 0.29) is 5.69 Å². The molecule has 21 heavy (non-hydrogen) atoms. The summed E-state index contributed by atoms with van der Waals surface area (Å²) < 4.78 is 1.76. The molecule has 0 radical (unpaired) electrons. The molecule has 0 amide bonds. The quantitative estimate of drug-likeness (QED) is 0.539. The van der Waals surface area contributed by atoms with Gasteiger partial charge in [-0.1, -0.05) is 6.92 Å². The highest BCUT2D eigenvalue weighted by Crippen LogP contribution is 2.23. The van der Waals surface area contributed by atoms with Crippen molar-refractivity contribution in [3.05, 3.63) is 40.9 Å². The zero-order chi connectivity index (χ0) is 14.4. The lowest BCUT2D eigenvalue weighted by Gasteiger charge is -1.99. The standard InChI is InChI=1S/C15H15N5O/c1-2-6-20-13-8-11-10(7-12(13)19-15(20)21)17-14(18-11)9-4-3-5-16-9/h3-5,7-8,16H,2,6H2,1H3,(H,17,18)(H,19,21). The third-order valence-corrected chi connectivity index (χ3v) is 3.68. The van der Waals surface area contributed by atoms with Gasteiger partial charge in [-0.3, -0.25) is 4.57 Å². The van der Waals surface area contributed by atoms with E-state index in [4.69, 9.17) is 0 Å². The van der Waals surface area contributed by atoms with Crippen LogP contribution in [0, 0.1) is 0 Å². The monoisotopic (exact) mass is 281 g/mol. The first kappa shape index (κ1) is 12.0. The maximum atomic E-state index is 12.0. The van der Waals surface area contributed by atoms with Crippen LogP contribution >= 0.6 is 0 Å². The van der Waals surface area contributed by atoms with Crippen LogP contribution in [-0.4, -0.2) is 24.5 Å². The lowest BCUT2D eigenvalue weighted by atomic mass is 10.2. The summed E-state index contributed by atoms with van der Waals surface area (Å²) in [7, 11) is 0. The highest BCUT2D eigenvalue weighted by molar-refractivity contribution is 5.92. The molecule has 6 nitrogen and oxygen atoms in total. The Bertz CT molecular complexity index is 971. The highest BCUT2D eigenvalue weighted by Gasteiger charge is 2.11. The van der Waals surface area contributed by atoms with Crippen LogP contribution in [0.5, 0.6) is 0 Å². The second-order valence-corrected chi connectivity index (χ2v) is 5.14. The minimum absolute atomic E-state index is 0.0657. The molecule has 3 N–H and O–H groups in total. The van der Waals surface area contributed by atoms with Gasteiger partial charge in [0.15, 0.2) is 5.82 Å². The molecule has 0 saturated carbocycles. The molecule has 6 heteroatoms. The fourth-order valence-corrected chi connectivity index (χ4v) is 2.71. The van der Waals surface area contributed by atoms with Crippen molar-refractivity contribution in [1.29, 1.82) is 0 Å². The van der Waals surface area contributed by atoms with E-state index in [9.17, 15) is 4.79 Å². The van der Waals surface area contributed by atoms with Gasteiger partial charge in [0.25, 0.3) is 0 Å². The van der Waals surface area contributed by atoms with Gasteiger partial charge in [-0.25, -0.2) is 9.78 Å². The van der Waals surface area contributed by atoms with Gasteiger partial charge in [0.05, 0.1) is 27.8 Å². The fraction of sp³-hybridized carbons (Fsp3) is 0.200. The Hall–Kier alpha value is -2.76. The second-order valence-electron chi connectivity index (χ2n) is 5.14. The maximum absolute atomic E-state index is 12.0. The van der Waals surface area contributed by atoms with Gasteiger partial charge in [-0.05, 0) is 30.7 Å². The van der Waals surface area contributed by atoms with Crippen LogP contribution in [-0.2, 0) is 6.54 Å². The Morgan fingerprint density at radius 3 is 2.90 bits per heavy atom. The van der Waals surface area contributed by atoms with Crippen molar-refractivity contribution < 1.29 is 0 Å². The summed E-state index contributed by atoms with van der Waals surface area (Å²) in [5.74, 6) is 0.798. The predicted octanol–water partition coefficient (Wildman–Crippen LogP) is 2.61. The molecule has 4 aromatic rings. The largest absolute Gasteiger partial charge is 0.359 e. The van der Waals surface area contributed by atoms with Crippen LogP contribution in [0.1, 0.15) is 13.3 Å². The number of imidazole rings is 2. The SMILES string of the molecule is CCCn1c(=O)[nH]c2cc3[nH]c(-c4ccc[nH]4)nc3cc21. The van der Waals surface area contributed by atoms with Gasteiger partial charge < -0.3 is 15.0 Å². The maximum Gasteiger partial charge on any atom is 0.326 e. The molecule has 0 atom stereocenters. The third-order valence-electron chi connectivity index (χ3n) is 3.68. The average Bonchev–Trinajstić information content (AvgIpc) is 3.16. The Morgan fingerprint density at radius 1 is 1.24 bits per heavy atom. The minimum Gasteiger partial charge on any atom is -0.359 e. The number of hydrogen-bond acceptors (Lipinski definition) is 2. The Kier molecular flexibility index (Phi) is 2.50. The van der Waals surface area contributed by atoms with E-state index in [0.717, 1.165) is 40.0 Å². The molecule has 1 aromatic carbocycles. The number of fused-ring (bicyclic) bond motifs is 2. The van der Waals surface area contributed by atoms with Gasteiger partial charge in [-0.2, -0.15) is 0 Å². The number of H-pyrrole nitrogens is 3. The summed E-state index contributed by atoms with van der Waals surface area (Å²) in [5.41, 5.74) is 4.39. The molecule has 3 aromatic heterocycles. The number of hydrogen-bond donors (Lipinski definition) is 3. The van der Waals surface area contributed by atoms with Crippen LogP contribution in [0.2, 0.25) is 0 Å². The number of nitrogens with zero attached hydrogens (tertiary/aromatic N) is 2. The van der Waals surface area contributed by atoms with Crippen LogP contribution in [0.4, 0.5) is 0 Å². The lowest BCUT2D eigenvalue weighted by Crippen LogP contribution is -2.16. The van der Waals surface area contributed by atoms with E-state index in [0.29, 0.717) is 6.54 Å². The first-order valence-electron chi connectivity index (χ1n) is 7.02. The van der Waals surface area contributed by atoms with Crippen LogP contribution < -0.4 is 5.69 Å². The van der Waals surface area contributed by atoms with Gasteiger partial charge in [0, 0.05) is 12.7 Å². The van der Waals surface area contributed by atoms with Crippen molar-refractivity contribution in [3.63, 3.8) is 0 Å². The normalized spacial score (nSPS) is 11.7. The van der Waals surface area contributed by atoms with E-state index in [1.54, 1.807) is 4.57 Å². The summed E-state index contributed by atoms with van der Waals surface area (Å²) >= 11 is 0. The number of aryl methyl sites for hydroxylation is 1. The molecular weight excluding hydrogens is 266 g/mol. The number of aromatic nitrogens is 5. The van der Waals surface area contributed by atoms with Crippen molar-refractivity contribution in [2.45, 2.75) is 19.9 Å². The molecule has 106 valence electrons. The summed E-state index contributed by atoms with van der Waals surface area (Å²) in [4.78, 5) is 25.9. The Labute approximate surface area is 119 Å². The molecule has 0 unspecified atom stereocenters.